The normalized spacial score (nSPS) is 11.9. The second-order valence-electron chi connectivity index (χ2n) is 7.35. The molecule has 2 heterocycles. The van der Waals surface area contributed by atoms with E-state index in [9.17, 15) is 14.0 Å². The largest absolute Gasteiger partial charge is 0.439 e. The Balaban J connectivity index is 1.56. The van der Waals surface area contributed by atoms with Gasteiger partial charge in [0.2, 0.25) is 11.8 Å². The molecule has 3 aromatic carbocycles. The lowest BCUT2D eigenvalue weighted by atomic mass is 10.0. The first-order chi connectivity index (χ1) is 15.5. The molecule has 0 unspecified atom stereocenters. The summed E-state index contributed by atoms with van der Waals surface area (Å²) in [5.74, 6) is -0.241. The minimum Gasteiger partial charge on any atom is -0.439 e. The van der Waals surface area contributed by atoms with Crippen molar-refractivity contribution in [1.29, 1.82) is 0 Å². The SMILES string of the molecule is O=C(Cn1c2c(c(=O)n1-c1ccccc1)Cc1ccccc1O2)Nc1ccc(Cl)cc1F. The molecule has 8 heteroatoms. The van der Waals surface area contributed by atoms with E-state index in [1.807, 2.05) is 30.3 Å². The van der Waals surface area contributed by atoms with Gasteiger partial charge in [0.05, 0.1) is 16.9 Å². The van der Waals surface area contributed by atoms with Crippen molar-refractivity contribution in [3.05, 3.63) is 105 Å². The zero-order valence-corrected chi connectivity index (χ0v) is 17.5. The van der Waals surface area contributed by atoms with E-state index < -0.39 is 11.7 Å². The van der Waals surface area contributed by atoms with Gasteiger partial charge < -0.3 is 10.1 Å². The van der Waals surface area contributed by atoms with Crippen molar-refractivity contribution in [3.63, 3.8) is 0 Å². The molecule has 6 nitrogen and oxygen atoms in total. The van der Waals surface area contributed by atoms with Crippen LogP contribution in [0.2, 0.25) is 5.02 Å². The highest BCUT2D eigenvalue weighted by Gasteiger charge is 2.29. The van der Waals surface area contributed by atoms with Gasteiger partial charge in [-0.3, -0.25) is 9.59 Å². The van der Waals surface area contributed by atoms with Gasteiger partial charge in [0.25, 0.3) is 5.56 Å². The van der Waals surface area contributed by atoms with E-state index in [2.05, 4.69) is 5.32 Å². The maximum atomic E-state index is 14.2. The first-order valence-corrected chi connectivity index (χ1v) is 10.3. The summed E-state index contributed by atoms with van der Waals surface area (Å²) in [7, 11) is 0. The number of halogens is 2. The average molecular weight is 450 g/mol. The molecule has 1 amide bonds. The summed E-state index contributed by atoms with van der Waals surface area (Å²) in [5, 5.41) is 2.76. The molecule has 1 aliphatic rings. The Morgan fingerprint density at radius 2 is 1.81 bits per heavy atom. The van der Waals surface area contributed by atoms with E-state index in [0.717, 1.165) is 11.6 Å². The Bertz CT molecular complexity index is 1400. The molecule has 0 aliphatic carbocycles. The van der Waals surface area contributed by atoms with Crippen LogP contribution in [0.5, 0.6) is 11.6 Å². The molecule has 1 N–H and O–H groups in total. The molecule has 32 heavy (non-hydrogen) atoms. The minimum absolute atomic E-state index is 0.000274. The summed E-state index contributed by atoms with van der Waals surface area (Å²) in [4.78, 5) is 26.2. The number of rotatable bonds is 4. The topological polar surface area (TPSA) is 65.3 Å². The van der Waals surface area contributed by atoms with Crippen LogP contribution in [-0.4, -0.2) is 15.3 Å². The van der Waals surface area contributed by atoms with Crippen LogP contribution < -0.4 is 15.6 Å². The first kappa shape index (κ1) is 20.1. The Morgan fingerprint density at radius 1 is 1.06 bits per heavy atom. The maximum Gasteiger partial charge on any atom is 0.278 e. The molecule has 0 saturated carbocycles. The molecule has 160 valence electrons. The first-order valence-electron chi connectivity index (χ1n) is 9.92. The highest BCUT2D eigenvalue weighted by molar-refractivity contribution is 6.30. The predicted molar refractivity (Wildman–Crippen MR) is 119 cm³/mol. The lowest BCUT2D eigenvalue weighted by molar-refractivity contribution is -0.117. The van der Waals surface area contributed by atoms with Crippen molar-refractivity contribution in [2.75, 3.05) is 5.32 Å². The van der Waals surface area contributed by atoms with Crippen molar-refractivity contribution in [1.82, 2.24) is 9.36 Å². The number of carbonyl (C=O) groups excluding carboxylic acids is 1. The predicted octanol–water partition coefficient (Wildman–Crippen LogP) is 4.77. The number of aromatic nitrogens is 2. The molecule has 0 spiro atoms. The maximum absolute atomic E-state index is 14.2. The van der Waals surface area contributed by atoms with Crippen molar-refractivity contribution < 1.29 is 13.9 Å². The lowest BCUT2D eigenvalue weighted by Crippen LogP contribution is -2.27. The van der Waals surface area contributed by atoms with Gasteiger partial charge in [-0.05, 0) is 42.0 Å². The zero-order chi connectivity index (χ0) is 22.2. The second kappa shape index (κ2) is 8.01. The fourth-order valence-corrected chi connectivity index (χ4v) is 3.93. The van der Waals surface area contributed by atoms with Crippen LogP contribution in [0.25, 0.3) is 5.69 Å². The van der Waals surface area contributed by atoms with Gasteiger partial charge in [-0.15, -0.1) is 0 Å². The van der Waals surface area contributed by atoms with Crippen molar-refractivity contribution in [3.8, 4) is 17.3 Å². The molecular formula is C24H17ClFN3O3. The Morgan fingerprint density at radius 3 is 2.59 bits per heavy atom. The van der Waals surface area contributed by atoms with E-state index in [1.165, 1.54) is 21.5 Å². The highest BCUT2D eigenvalue weighted by Crippen LogP contribution is 2.35. The fourth-order valence-electron chi connectivity index (χ4n) is 3.77. The van der Waals surface area contributed by atoms with Crippen molar-refractivity contribution >= 4 is 23.2 Å². The van der Waals surface area contributed by atoms with Gasteiger partial charge in [-0.25, -0.2) is 13.8 Å². The number of para-hydroxylation sites is 2. The molecular weight excluding hydrogens is 433 g/mol. The van der Waals surface area contributed by atoms with Gasteiger partial charge in [0.1, 0.15) is 18.1 Å². The summed E-state index contributed by atoms with van der Waals surface area (Å²) >= 11 is 5.78. The van der Waals surface area contributed by atoms with Gasteiger partial charge in [0, 0.05) is 11.4 Å². The summed E-state index contributed by atoms with van der Waals surface area (Å²) in [6, 6.07) is 20.4. The molecule has 1 aliphatic heterocycles. The van der Waals surface area contributed by atoms with Crippen LogP contribution in [0.3, 0.4) is 0 Å². The van der Waals surface area contributed by atoms with E-state index in [4.69, 9.17) is 16.3 Å². The van der Waals surface area contributed by atoms with E-state index in [-0.39, 0.29) is 22.8 Å². The number of carbonyl (C=O) groups is 1. The number of nitrogens with zero attached hydrogens (tertiary/aromatic N) is 2. The molecule has 0 radical (unpaired) electrons. The Labute approximate surface area is 187 Å². The van der Waals surface area contributed by atoms with Crippen LogP contribution in [-0.2, 0) is 17.8 Å². The second-order valence-corrected chi connectivity index (χ2v) is 7.79. The lowest BCUT2D eigenvalue weighted by Gasteiger charge is -2.19. The number of hydrogen-bond donors (Lipinski definition) is 1. The number of ether oxygens (including phenoxy) is 1. The van der Waals surface area contributed by atoms with E-state index >= 15 is 0 Å². The van der Waals surface area contributed by atoms with Gasteiger partial charge in [-0.2, -0.15) is 0 Å². The molecule has 4 aromatic rings. The molecule has 5 rings (SSSR count). The third kappa shape index (κ3) is 3.56. The number of hydrogen-bond acceptors (Lipinski definition) is 3. The van der Waals surface area contributed by atoms with Crippen LogP contribution in [0.1, 0.15) is 11.1 Å². The Kier molecular flexibility index (Phi) is 5.03. The quantitative estimate of drug-likeness (QED) is 0.430. The van der Waals surface area contributed by atoms with Gasteiger partial charge in [0.15, 0.2) is 0 Å². The highest BCUT2D eigenvalue weighted by atomic mass is 35.5. The van der Waals surface area contributed by atoms with Crippen molar-refractivity contribution in [2.45, 2.75) is 13.0 Å². The van der Waals surface area contributed by atoms with E-state index in [0.29, 0.717) is 29.3 Å². The average Bonchev–Trinajstić information content (AvgIpc) is 3.05. The standard InChI is InChI=1S/C24H17ClFN3O3/c25-16-10-11-20(19(26)13-16)27-22(30)14-28-24-18(12-15-6-4-5-9-21(15)32-24)23(31)29(28)17-7-2-1-3-8-17/h1-11,13H,12,14H2,(H,27,30). The summed E-state index contributed by atoms with van der Waals surface area (Å²) in [5.41, 5.74) is 1.66. The monoisotopic (exact) mass is 449 g/mol. The minimum atomic E-state index is -0.647. The number of anilines is 1. The van der Waals surface area contributed by atoms with Crippen molar-refractivity contribution in [2.24, 2.45) is 0 Å². The zero-order valence-electron chi connectivity index (χ0n) is 16.7. The smallest absolute Gasteiger partial charge is 0.278 e. The summed E-state index contributed by atoms with van der Waals surface area (Å²) in [6.45, 7) is -0.260. The van der Waals surface area contributed by atoms with Crippen LogP contribution >= 0.6 is 11.6 Å². The van der Waals surface area contributed by atoms with Crippen LogP contribution in [0.15, 0.2) is 77.6 Å². The third-order valence-corrected chi connectivity index (χ3v) is 5.47. The fraction of sp³-hybridized carbons (Fsp3) is 0.0833. The van der Waals surface area contributed by atoms with E-state index in [1.54, 1.807) is 24.3 Å². The number of fused-ring (bicyclic) bond motifs is 2. The summed E-state index contributed by atoms with van der Waals surface area (Å²) < 4.78 is 23.1. The molecule has 0 atom stereocenters. The van der Waals surface area contributed by atoms with Crippen LogP contribution in [0, 0.1) is 5.82 Å². The number of amides is 1. The number of nitrogens with one attached hydrogen (secondary N) is 1. The third-order valence-electron chi connectivity index (χ3n) is 5.23. The van der Waals surface area contributed by atoms with Gasteiger partial charge in [-0.1, -0.05) is 48.0 Å². The molecule has 0 saturated heterocycles. The van der Waals surface area contributed by atoms with Gasteiger partial charge >= 0.3 is 0 Å². The summed E-state index contributed by atoms with van der Waals surface area (Å²) in [6.07, 6.45) is 0.387. The van der Waals surface area contributed by atoms with Crippen LogP contribution in [0.4, 0.5) is 10.1 Å². The molecule has 1 aromatic heterocycles. The molecule has 0 fully saturated rings. The number of benzene rings is 3. The Hall–Kier alpha value is -3.84. The molecule has 0 bridgehead atoms.